The SMILES string of the molecule is CNCCC(=O)NC(c1cccc(C(F)(F)F)c1)C(C)(C)C.Cl. The zero-order valence-corrected chi connectivity index (χ0v) is 14.6. The average Bonchev–Trinajstić information content (AvgIpc) is 2.40. The number of amides is 1. The van der Waals surface area contributed by atoms with Crippen LogP contribution < -0.4 is 10.6 Å². The lowest BCUT2D eigenvalue weighted by molar-refractivity contribution is -0.137. The first-order chi connectivity index (χ1) is 10.1. The van der Waals surface area contributed by atoms with E-state index < -0.39 is 23.2 Å². The van der Waals surface area contributed by atoms with Gasteiger partial charge in [0.1, 0.15) is 0 Å². The van der Waals surface area contributed by atoms with Gasteiger partial charge in [0.25, 0.3) is 0 Å². The van der Waals surface area contributed by atoms with E-state index in [9.17, 15) is 18.0 Å². The Bertz CT molecular complexity index is 513. The summed E-state index contributed by atoms with van der Waals surface area (Å²) < 4.78 is 38.6. The fraction of sp³-hybridized carbons (Fsp3) is 0.562. The van der Waals surface area contributed by atoms with Gasteiger partial charge in [-0.2, -0.15) is 13.2 Å². The molecule has 1 aromatic carbocycles. The van der Waals surface area contributed by atoms with Crippen LogP contribution in [0.5, 0.6) is 0 Å². The number of nitrogens with one attached hydrogen (secondary N) is 2. The molecule has 1 atom stereocenters. The van der Waals surface area contributed by atoms with Crippen molar-refractivity contribution in [2.75, 3.05) is 13.6 Å². The predicted octanol–water partition coefficient (Wildman–Crippen LogP) is 3.94. The number of rotatable bonds is 5. The van der Waals surface area contributed by atoms with Crippen molar-refractivity contribution < 1.29 is 18.0 Å². The molecule has 0 radical (unpaired) electrons. The van der Waals surface area contributed by atoms with Crippen molar-refractivity contribution in [1.82, 2.24) is 10.6 Å². The monoisotopic (exact) mass is 352 g/mol. The molecule has 0 bridgehead atoms. The molecule has 0 saturated heterocycles. The van der Waals surface area contributed by atoms with Crippen LogP contribution in [0.1, 0.15) is 44.4 Å². The fourth-order valence-electron chi connectivity index (χ4n) is 2.17. The van der Waals surface area contributed by atoms with E-state index in [2.05, 4.69) is 10.6 Å². The van der Waals surface area contributed by atoms with Crippen LogP contribution in [-0.4, -0.2) is 19.5 Å². The number of carbonyl (C=O) groups is 1. The summed E-state index contributed by atoms with van der Waals surface area (Å²) >= 11 is 0. The largest absolute Gasteiger partial charge is 0.416 e. The van der Waals surface area contributed by atoms with Gasteiger partial charge in [0, 0.05) is 13.0 Å². The minimum absolute atomic E-state index is 0. The molecule has 1 aromatic rings. The van der Waals surface area contributed by atoms with E-state index in [-0.39, 0.29) is 24.7 Å². The molecule has 23 heavy (non-hydrogen) atoms. The van der Waals surface area contributed by atoms with Crippen molar-refractivity contribution in [2.24, 2.45) is 5.41 Å². The van der Waals surface area contributed by atoms with Crippen LogP contribution in [0.3, 0.4) is 0 Å². The number of halogens is 4. The molecule has 0 heterocycles. The summed E-state index contributed by atoms with van der Waals surface area (Å²) in [6, 6.07) is 4.64. The molecule has 132 valence electrons. The lowest BCUT2D eigenvalue weighted by atomic mass is 9.82. The number of hydrogen-bond donors (Lipinski definition) is 2. The summed E-state index contributed by atoms with van der Waals surface area (Å²) in [5, 5.41) is 5.71. The Morgan fingerprint density at radius 3 is 2.30 bits per heavy atom. The molecule has 1 rings (SSSR count). The third kappa shape index (κ3) is 6.79. The van der Waals surface area contributed by atoms with Crippen LogP contribution >= 0.6 is 12.4 Å². The van der Waals surface area contributed by atoms with Crippen LogP contribution in [-0.2, 0) is 11.0 Å². The van der Waals surface area contributed by atoms with Crippen molar-refractivity contribution in [3.05, 3.63) is 35.4 Å². The Morgan fingerprint density at radius 1 is 1.22 bits per heavy atom. The maximum atomic E-state index is 12.9. The summed E-state index contributed by atoms with van der Waals surface area (Å²) in [7, 11) is 1.74. The summed E-state index contributed by atoms with van der Waals surface area (Å²) in [5.74, 6) is -0.188. The molecule has 1 amide bonds. The van der Waals surface area contributed by atoms with Gasteiger partial charge in [-0.3, -0.25) is 4.79 Å². The second kappa shape index (κ2) is 8.55. The highest BCUT2D eigenvalue weighted by atomic mass is 35.5. The summed E-state index contributed by atoms with van der Waals surface area (Å²) in [5.41, 5.74) is -0.650. The molecule has 0 aliphatic heterocycles. The van der Waals surface area contributed by atoms with Gasteiger partial charge in [-0.1, -0.05) is 32.9 Å². The van der Waals surface area contributed by atoms with Crippen LogP contribution in [0.2, 0.25) is 0 Å². The van der Waals surface area contributed by atoms with Gasteiger partial charge in [0.2, 0.25) is 5.91 Å². The Balaban J connectivity index is 0.00000484. The van der Waals surface area contributed by atoms with Gasteiger partial charge in [0.15, 0.2) is 0 Å². The van der Waals surface area contributed by atoms with Gasteiger partial charge in [-0.15, -0.1) is 12.4 Å². The molecule has 0 aliphatic carbocycles. The number of alkyl halides is 3. The van der Waals surface area contributed by atoms with E-state index >= 15 is 0 Å². The molecule has 0 saturated carbocycles. The van der Waals surface area contributed by atoms with Crippen molar-refractivity contribution in [3.8, 4) is 0 Å². The van der Waals surface area contributed by atoms with Crippen molar-refractivity contribution in [1.29, 1.82) is 0 Å². The number of benzene rings is 1. The summed E-state index contributed by atoms with van der Waals surface area (Å²) in [6.45, 7) is 6.17. The normalized spacial score (nSPS) is 13.2. The second-order valence-electron chi connectivity index (χ2n) is 6.34. The van der Waals surface area contributed by atoms with E-state index in [0.717, 1.165) is 12.1 Å². The van der Waals surface area contributed by atoms with Crippen molar-refractivity contribution in [3.63, 3.8) is 0 Å². The zero-order valence-electron chi connectivity index (χ0n) is 13.8. The average molecular weight is 353 g/mol. The lowest BCUT2D eigenvalue weighted by Crippen LogP contribution is -2.37. The van der Waals surface area contributed by atoms with Gasteiger partial charge < -0.3 is 10.6 Å². The van der Waals surface area contributed by atoms with Crippen molar-refractivity contribution >= 4 is 18.3 Å². The topological polar surface area (TPSA) is 41.1 Å². The van der Waals surface area contributed by atoms with E-state index in [4.69, 9.17) is 0 Å². The second-order valence-corrected chi connectivity index (χ2v) is 6.34. The van der Waals surface area contributed by atoms with Crippen molar-refractivity contribution in [2.45, 2.75) is 39.4 Å². The highest BCUT2D eigenvalue weighted by Gasteiger charge is 2.33. The molecule has 7 heteroatoms. The van der Waals surface area contributed by atoms with E-state index in [0.29, 0.717) is 12.1 Å². The molecule has 0 aliphatic rings. The molecule has 3 nitrogen and oxygen atoms in total. The Labute approximate surface area is 141 Å². The minimum Gasteiger partial charge on any atom is -0.349 e. The van der Waals surface area contributed by atoms with Gasteiger partial charge in [-0.25, -0.2) is 0 Å². The maximum absolute atomic E-state index is 12.9. The van der Waals surface area contributed by atoms with E-state index in [1.54, 1.807) is 13.1 Å². The first-order valence-corrected chi connectivity index (χ1v) is 7.17. The highest BCUT2D eigenvalue weighted by molar-refractivity contribution is 5.85. The van der Waals surface area contributed by atoms with Gasteiger partial charge >= 0.3 is 6.18 Å². The van der Waals surface area contributed by atoms with Crippen LogP contribution in [0, 0.1) is 5.41 Å². The molecule has 2 N–H and O–H groups in total. The smallest absolute Gasteiger partial charge is 0.349 e. The fourth-order valence-corrected chi connectivity index (χ4v) is 2.17. The van der Waals surface area contributed by atoms with Crippen LogP contribution in [0.25, 0.3) is 0 Å². The van der Waals surface area contributed by atoms with Gasteiger partial charge in [-0.05, 0) is 30.2 Å². The summed E-state index contributed by atoms with van der Waals surface area (Å²) in [6.07, 6.45) is -4.11. The van der Waals surface area contributed by atoms with E-state index in [1.165, 1.54) is 6.07 Å². The van der Waals surface area contributed by atoms with Crippen LogP contribution in [0.15, 0.2) is 24.3 Å². The third-order valence-electron chi connectivity index (χ3n) is 3.32. The first kappa shape index (κ1) is 21.7. The third-order valence-corrected chi connectivity index (χ3v) is 3.32. The molecule has 0 spiro atoms. The van der Waals surface area contributed by atoms with Crippen LogP contribution in [0.4, 0.5) is 13.2 Å². The zero-order chi connectivity index (χ0) is 17.0. The molecular formula is C16H24ClF3N2O. The molecule has 1 unspecified atom stereocenters. The predicted molar refractivity (Wildman–Crippen MR) is 87.6 cm³/mol. The highest BCUT2D eigenvalue weighted by Crippen LogP contribution is 2.36. The molecule has 0 aromatic heterocycles. The first-order valence-electron chi connectivity index (χ1n) is 7.17. The summed E-state index contributed by atoms with van der Waals surface area (Å²) in [4.78, 5) is 11.9. The lowest BCUT2D eigenvalue weighted by Gasteiger charge is -2.32. The molecular weight excluding hydrogens is 329 g/mol. The Kier molecular flexibility index (Phi) is 8.07. The van der Waals surface area contributed by atoms with E-state index in [1.807, 2.05) is 20.8 Å². The molecule has 0 fully saturated rings. The maximum Gasteiger partial charge on any atom is 0.416 e. The standard InChI is InChI=1S/C16H23F3N2O.ClH/c1-15(2,3)14(21-13(22)8-9-20-4)11-6-5-7-12(10-11)16(17,18)19;/h5-7,10,14,20H,8-9H2,1-4H3,(H,21,22);1H. The van der Waals surface area contributed by atoms with Gasteiger partial charge in [0.05, 0.1) is 11.6 Å². The quantitative estimate of drug-likeness (QED) is 0.842. The number of carbonyl (C=O) groups excluding carboxylic acids is 1. The Hall–Kier alpha value is -1.27. The Morgan fingerprint density at radius 2 is 1.83 bits per heavy atom. The minimum atomic E-state index is -4.39. The number of hydrogen-bond acceptors (Lipinski definition) is 2.